The summed E-state index contributed by atoms with van der Waals surface area (Å²) in [4.78, 5) is 44.5. The van der Waals surface area contributed by atoms with Gasteiger partial charge in [-0.05, 0) is 31.8 Å². The summed E-state index contributed by atoms with van der Waals surface area (Å²) in [6, 6.07) is -0.721. The molecular formula is C28H38FN3O5S. The van der Waals surface area contributed by atoms with Crippen LogP contribution in [-0.4, -0.2) is 70.3 Å². The monoisotopic (exact) mass is 547 g/mol. The molecule has 0 spiro atoms. The number of fused-ring (bicyclic) bond motifs is 3. The van der Waals surface area contributed by atoms with Crippen LogP contribution in [0.3, 0.4) is 0 Å². The van der Waals surface area contributed by atoms with E-state index in [1.165, 1.54) is 22.3 Å². The molecule has 2 aliphatic heterocycles. The third kappa shape index (κ3) is 8.33. The normalized spacial score (nSPS) is 29.4. The third-order valence-corrected chi connectivity index (χ3v) is 7.53. The second kappa shape index (κ2) is 13.8. The molecule has 3 rings (SSSR count). The van der Waals surface area contributed by atoms with Crippen molar-refractivity contribution in [3.63, 3.8) is 0 Å². The van der Waals surface area contributed by atoms with Crippen molar-refractivity contribution in [1.29, 1.82) is 0 Å². The lowest BCUT2D eigenvalue weighted by Gasteiger charge is -2.29. The van der Waals surface area contributed by atoms with E-state index < -0.39 is 30.4 Å². The molecule has 0 radical (unpaired) electrons. The molecule has 1 fully saturated rings. The maximum Gasteiger partial charge on any atom is 0.329 e. The molecule has 2 N–H and O–H groups in total. The van der Waals surface area contributed by atoms with Gasteiger partial charge in [0.1, 0.15) is 24.0 Å². The molecule has 0 aromatic carbocycles. The van der Waals surface area contributed by atoms with Crippen molar-refractivity contribution in [3.8, 4) is 0 Å². The molecule has 1 unspecified atom stereocenters. The number of nitrogens with zero attached hydrogens (tertiary/aromatic N) is 2. The van der Waals surface area contributed by atoms with Crippen molar-refractivity contribution in [2.45, 2.75) is 77.8 Å². The zero-order chi connectivity index (χ0) is 27.8. The van der Waals surface area contributed by atoms with Gasteiger partial charge in [0.25, 0.3) is 5.91 Å². The second-order valence-electron chi connectivity index (χ2n) is 10.3. The molecule has 1 aromatic rings. The molecule has 5 atom stereocenters. The zero-order valence-electron chi connectivity index (χ0n) is 22.4. The number of hydrogen-bond acceptors (Lipinski definition) is 7. The van der Waals surface area contributed by atoms with Crippen molar-refractivity contribution < 1.29 is 28.6 Å². The molecule has 2 bridgehead atoms. The van der Waals surface area contributed by atoms with Gasteiger partial charge in [-0.15, -0.1) is 11.3 Å². The summed E-state index contributed by atoms with van der Waals surface area (Å²) in [6.45, 7) is 8.25. The molecule has 2 amide bonds. The number of aliphatic hydroxyl groups excluding tert-OH is 1. The van der Waals surface area contributed by atoms with Gasteiger partial charge in [0.2, 0.25) is 5.91 Å². The molecule has 1 saturated heterocycles. The summed E-state index contributed by atoms with van der Waals surface area (Å²) in [6.07, 6.45) is 6.43. The molecule has 0 aliphatic carbocycles. The predicted molar refractivity (Wildman–Crippen MR) is 144 cm³/mol. The maximum atomic E-state index is 14.7. The Hall–Kier alpha value is -2.85. The largest absolute Gasteiger partial charge is 0.460 e. The van der Waals surface area contributed by atoms with Gasteiger partial charge in [0.15, 0.2) is 0 Å². The summed E-state index contributed by atoms with van der Waals surface area (Å²) in [5, 5.41) is 15.1. The molecule has 3 heterocycles. The highest BCUT2D eigenvalue weighted by molar-refractivity contribution is 7.09. The average molecular weight is 548 g/mol. The van der Waals surface area contributed by atoms with Crippen LogP contribution in [0, 0.1) is 11.8 Å². The number of thiazole rings is 1. The van der Waals surface area contributed by atoms with Crippen LogP contribution in [0.25, 0.3) is 0 Å². The topological polar surface area (TPSA) is 109 Å². The van der Waals surface area contributed by atoms with Crippen LogP contribution in [-0.2, 0) is 20.7 Å². The number of aromatic nitrogens is 1. The van der Waals surface area contributed by atoms with Gasteiger partial charge in [0, 0.05) is 37.2 Å². The Morgan fingerprint density at radius 3 is 2.76 bits per heavy atom. The lowest BCUT2D eigenvalue weighted by molar-refractivity contribution is -0.158. The number of amides is 2. The van der Waals surface area contributed by atoms with Crippen molar-refractivity contribution in [1.82, 2.24) is 15.2 Å². The fourth-order valence-electron chi connectivity index (χ4n) is 4.74. The van der Waals surface area contributed by atoms with E-state index in [1.807, 2.05) is 20.8 Å². The number of hydrogen-bond donors (Lipinski definition) is 2. The Balaban J connectivity index is 1.85. The molecule has 0 saturated carbocycles. The smallest absolute Gasteiger partial charge is 0.329 e. The maximum absolute atomic E-state index is 14.7. The lowest BCUT2D eigenvalue weighted by Crippen LogP contribution is -2.44. The number of allylic oxidation sites excluding steroid dienone is 2. The van der Waals surface area contributed by atoms with Crippen LogP contribution in [0.5, 0.6) is 0 Å². The van der Waals surface area contributed by atoms with E-state index in [4.69, 9.17) is 4.74 Å². The molecule has 2 aliphatic rings. The Kier molecular flexibility index (Phi) is 10.8. The summed E-state index contributed by atoms with van der Waals surface area (Å²) in [5.74, 6) is -1.38. The van der Waals surface area contributed by atoms with E-state index in [1.54, 1.807) is 36.6 Å². The number of carbonyl (C=O) groups is 3. The Morgan fingerprint density at radius 2 is 2.03 bits per heavy atom. The zero-order valence-corrected chi connectivity index (χ0v) is 23.2. The Bertz CT molecular complexity index is 1080. The highest BCUT2D eigenvalue weighted by Gasteiger charge is 2.38. The van der Waals surface area contributed by atoms with Crippen LogP contribution in [0.15, 0.2) is 41.3 Å². The minimum Gasteiger partial charge on any atom is -0.460 e. The molecule has 208 valence electrons. The van der Waals surface area contributed by atoms with Crippen molar-refractivity contribution >= 4 is 29.1 Å². The summed E-state index contributed by atoms with van der Waals surface area (Å²) in [7, 11) is 0. The SMILES string of the molecule is CC1=C[C@@H](O)C[C@@H](F)Cc2nc(cs2)C(=O)N2CCC[C@@H]2C(=O)OC(C(C)C)[C@H](C)/C=C/C(=O)NCC=C1. The highest BCUT2D eigenvalue weighted by Crippen LogP contribution is 2.26. The molecule has 10 heteroatoms. The fourth-order valence-corrected chi connectivity index (χ4v) is 5.57. The first-order chi connectivity index (χ1) is 18.0. The molecular weight excluding hydrogens is 509 g/mol. The van der Waals surface area contributed by atoms with Crippen molar-refractivity contribution in [2.24, 2.45) is 11.8 Å². The van der Waals surface area contributed by atoms with E-state index in [2.05, 4.69) is 10.3 Å². The van der Waals surface area contributed by atoms with Gasteiger partial charge in [-0.25, -0.2) is 14.2 Å². The number of ether oxygens (including phenoxy) is 1. The van der Waals surface area contributed by atoms with Crippen LogP contribution in [0.1, 0.15) is 62.5 Å². The number of esters is 1. The number of aliphatic hydroxyl groups is 1. The van der Waals surface area contributed by atoms with Crippen molar-refractivity contribution in [3.05, 3.63) is 52.0 Å². The number of halogens is 1. The van der Waals surface area contributed by atoms with Gasteiger partial charge in [-0.3, -0.25) is 9.59 Å². The second-order valence-corrected chi connectivity index (χ2v) is 11.3. The number of nitrogens with one attached hydrogen (secondary N) is 1. The highest BCUT2D eigenvalue weighted by atomic mass is 32.1. The number of rotatable bonds is 1. The van der Waals surface area contributed by atoms with E-state index in [-0.39, 0.29) is 48.7 Å². The van der Waals surface area contributed by atoms with Gasteiger partial charge in [-0.1, -0.05) is 50.6 Å². The van der Waals surface area contributed by atoms with Gasteiger partial charge in [0.05, 0.1) is 11.1 Å². The van der Waals surface area contributed by atoms with Crippen LogP contribution in [0.2, 0.25) is 0 Å². The molecule has 38 heavy (non-hydrogen) atoms. The summed E-state index contributed by atoms with van der Waals surface area (Å²) >= 11 is 1.19. The van der Waals surface area contributed by atoms with Crippen LogP contribution >= 0.6 is 11.3 Å². The van der Waals surface area contributed by atoms with Crippen LogP contribution in [0.4, 0.5) is 4.39 Å². The number of cyclic esters (lactones) is 1. The minimum absolute atomic E-state index is 0.00974. The lowest BCUT2D eigenvalue weighted by atomic mass is 9.94. The molecule has 8 nitrogen and oxygen atoms in total. The van der Waals surface area contributed by atoms with Crippen molar-refractivity contribution in [2.75, 3.05) is 13.1 Å². The standard InChI is InChI=1S/C28H38FN3O5S/c1-17(2)26-19(4)9-10-24(34)30-11-5-7-18(3)13-21(33)14-20(29)15-25-31-22(16-38-25)27(35)32-12-6-8-23(32)28(36)37-26/h5,7,9-10,13,16-17,19-21,23,26,33H,6,8,11-12,14-15H2,1-4H3,(H,30,34)/b7-5?,10-9+,18-13?/t19-,20-,21-,23-,26?/m1/s1. The van der Waals surface area contributed by atoms with Gasteiger partial charge < -0.3 is 20.1 Å². The first kappa shape index (κ1) is 29.7. The Morgan fingerprint density at radius 1 is 1.26 bits per heavy atom. The first-order valence-corrected chi connectivity index (χ1v) is 14.0. The number of carbonyl (C=O) groups excluding carboxylic acids is 3. The summed E-state index contributed by atoms with van der Waals surface area (Å²) < 4.78 is 20.6. The van der Waals surface area contributed by atoms with E-state index >= 15 is 0 Å². The first-order valence-electron chi connectivity index (χ1n) is 13.1. The van der Waals surface area contributed by atoms with Gasteiger partial charge >= 0.3 is 5.97 Å². The predicted octanol–water partition coefficient (Wildman–Crippen LogP) is 3.77. The average Bonchev–Trinajstić information content (AvgIpc) is 3.52. The Labute approximate surface area is 227 Å². The quantitative estimate of drug-likeness (QED) is 0.518. The fraction of sp³-hybridized carbons (Fsp3) is 0.571. The molecule has 1 aromatic heterocycles. The van der Waals surface area contributed by atoms with E-state index in [0.717, 1.165) is 5.57 Å². The van der Waals surface area contributed by atoms with E-state index in [9.17, 15) is 23.9 Å². The van der Waals surface area contributed by atoms with Crippen LogP contribution < -0.4 is 5.32 Å². The van der Waals surface area contributed by atoms with Gasteiger partial charge in [-0.2, -0.15) is 0 Å². The summed E-state index contributed by atoms with van der Waals surface area (Å²) in [5.41, 5.74) is 0.921. The van der Waals surface area contributed by atoms with E-state index in [0.29, 0.717) is 24.4 Å². The third-order valence-electron chi connectivity index (χ3n) is 6.66. The number of alkyl halides is 1. The minimum atomic E-state index is -1.34.